The van der Waals surface area contributed by atoms with Crippen molar-refractivity contribution < 1.29 is 23.7 Å². The fraction of sp³-hybridized carbons (Fsp3) is 0. The van der Waals surface area contributed by atoms with E-state index < -0.39 is 10.0 Å². The summed E-state index contributed by atoms with van der Waals surface area (Å²) in [5, 5.41) is 33.9. The van der Waals surface area contributed by atoms with Gasteiger partial charge in [-0.15, -0.1) is 0 Å². The van der Waals surface area contributed by atoms with Crippen molar-refractivity contribution in [2.45, 2.75) is 4.90 Å². The number of hydrogen-bond donors (Lipinski definition) is 4. The van der Waals surface area contributed by atoms with Crippen LogP contribution in [0, 0.1) is 0 Å². The van der Waals surface area contributed by atoms with Crippen LogP contribution in [-0.4, -0.2) is 23.7 Å². The van der Waals surface area contributed by atoms with Crippen LogP contribution in [0.25, 0.3) is 32.7 Å². The van der Waals surface area contributed by atoms with Gasteiger partial charge in [-0.2, -0.15) is 0 Å². The largest absolute Gasteiger partial charge is 0.508 e. The van der Waals surface area contributed by atoms with Gasteiger partial charge < -0.3 is 15.3 Å². The maximum absolute atomic E-state index is 13.1. The van der Waals surface area contributed by atoms with Crippen molar-refractivity contribution in [3.63, 3.8) is 0 Å². The predicted octanol–water partition coefficient (Wildman–Crippen LogP) is 5.58. The van der Waals surface area contributed by atoms with E-state index in [9.17, 15) is 23.7 Å². The Morgan fingerprint density at radius 1 is 0.667 bits per heavy atom. The van der Waals surface area contributed by atoms with Crippen LogP contribution in [0.5, 0.6) is 17.2 Å². The highest BCUT2D eigenvalue weighted by molar-refractivity contribution is 7.92. The van der Waals surface area contributed by atoms with Crippen LogP contribution in [0.1, 0.15) is 0 Å². The smallest absolute Gasteiger partial charge is 0.261 e. The number of sulfonamides is 1. The van der Waals surface area contributed by atoms with Gasteiger partial charge in [0, 0.05) is 21.9 Å². The molecule has 0 atom stereocenters. The first-order valence-electron chi connectivity index (χ1n) is 10.1. The van der Waals surface area contributed by atoms with Crippen LogP contribution in [-0.2, 0) is 10.0 Å². The third-order valence-electron chi connectivity index (χ3n) is 5.58. The molecule has 33 heavy (non-hydrogen) atoms. The summed E-state index contributed by atoms with van der Waals surface area (Å²) in [6.07, 6.45) is 0. The first-order valence-corrected chi connectivity index (χ1v) is 11.6. The summed E-state index contributed by atoms with van der Waals surface area (Å²) in [6.45, 7) is 0. The van der Waals surface area contributed by atoms with E-state index in [1.165, 1.54) is 30.3 Å². The van der Waals surface area contributed by atoms with E-state index in [2.05, 4.69) is 4.72 Å². The quantitative estimate of drug-likeness (QED) is 0.264. The molecular weight excluding hydrogens is 438 g/mol. The van der Waals surface area contributed by atoms with Gasteiger partial charge >= 0.3 is 0 Å². The summed E-state index contributed by atoms with van der Waals surface area (Å²) in [7, 11) is -3.99. The topological polar surface area (TPSA) is 107 Å². The second-order valence-electron chi connectivity index (χ2n) is 7.65. The van der Waals surface area contributed by atoms with Gasteiger partial charge in [0.05, 0.1) is 10.6 Å². The molecule has 0 aliphatic heterocycles. The normalized spacial score (nSPS) is 11.6. The second-order valence-corrected chi connectivity index (χ2v) is 9.33. The molecule has 5 aromatic carbocycles. The molecule has 0 saturated carbocycles. The molecule has 5 aromatic rings. The average molecular weight is 458 g/mol. The highest BCUT2D eigenvalue weighted by atomic mass is 32.2. The van der Waals surface area contributed by atoms with E-state index >= 15 is 0 Å². The molecule has 7 heteroatoms. The molecule has 0 aliphatic rings. The minimum Gasteiger partial charge on any atom is -0.508 e. The number of aromatic hydroxyl groups is 3. The van der Waals surface area contributed by atoms with Crippen molar-refractivity contribution in [3.8, 4) is 28.4 Å². The summed E-state index contributed by atoms with van der Waals surface area (Å²) in [5.74, 6) is -0.144. The molecule has 0 unspecified atom stereocenters. The average Bonchev–Trinajstić information content (AvgIpc) is 2.81. The SMILES string of the molecule is O=S(=O)(Nc1cc(-c2c(O)ccc3ccccc23)c(O)c2ccccc12)c1ccc(O)cc1. The molecule has 6 nitrogen and oxygen atoms in total. The van der Waals surface area contributed by atoms with E-state index in [1.54, 1.807) is 36.4 Å². The van der Waals surface area contributed by atoms with Gasteiger partial charge in [-0.25, -0.2) is 8.42 Å². The molecular formula is C26H19NO5S. The summed E-state index contributed by atoms with van der Waals surface area (Å²) in [5.41, 5.74) is 0.951. The molecule has 164 valence electrons. The summed E-state index contributed by atoms with van der Waals surface area (Å²) < 4.78 is 28.7. The minimum atomic E-state index is -3.99. The Morgan fingerprint density at radius 2 is 1.30 bits per heavy atom. The van der Waals surface area contributed by atoms with Crippen LogP contribution in [0.3, 0.4) is 0 Å². The van der Waals surface area contributed by atoms with Gasteiger partial charge in [0.1, 0.15) is 17.2 Å². The number of phenols is 3. The molecule has 0 fully saturated rings. The van der Waals surface area contributed by atoms with Gasteiger partial charge in [0.25, 0.3) is 10.0 Å². The van der Waals surface area contributed by atoms with Crippen LogP contribution in [0.2, 0.25) is 0 Å². The first kappa shape index (κ1) is 20.7. The van der Waals surface area contributed by atoms with Crippen molar-refractivity contribution in [1.29, 1.82) is 0 Å². The van der Waals surface area contributed by atoms with Crippen LogP contribution in [0.15, 0.2) is 95.9 Å². The number of rotatable bonds is 4. The molecule has 0 heterocycles. The third-order valence-corrected chi connectivity index (χ3v) is 6.97. The molecule has 0 saturated heterocycles. The van der Waals surface area contributed by atoms with Crippen LogP contribution in [0.4, 0.5) is 5.69 Å². The number of anilines is 1. The lowest BCUT2D eigenvalue weighted by Crippen LogP contribution is -2.13. The highest BCUT2D eigenvalue weighted by Crippen LogP contribution is 2.46. The van der Waals surface area contributed by atoms with E-state index in [1.807, 2.05) is 24.3 Å². The van der Waals surface area contributed by atoms with Crippen molar-refractivity contribution in [3.05, 3.63) is 91.0 Å². The van der Waals surface area contributed by atoms with Gasteiger partial charge in [0.15, 0.2) is 0 Å². The van der Waals surface area contributed by atoms with Gasteiger partial charge in [-0.1, -0.05) is 54.6 Å². The fourth-order valence-corrected chi connectivity index (χ4v) is 5.08. The molecule has 0 spiro atoms. The monoisotopic (exact) mass is 457 g/mol. The zero-order valence-electron chi connectivity index (χ0n) is 17.2. The number of hydrogen-bond acceptors (Lipinski definition) is 5. The van der Waals surface area contributed by atoms with Crippen LogP contribution < -0.4 is 4.72 Å². The molecule has 0 radical (unpaired) electrons. The minimum absolute atomic E-state index is 0.0213. The zero-order chi connectivity index (χ0) is 23.2. The lowest BCUT2D eigenvalue weighted by atomic mass is 9.93. The van der Waals surface area contributed by atoms with Crippen molar-refractivity contribution in [2.24, 2.45) is 0 Å². The highest BCUT2D eigenvalue weighted by Gasteiger charge is 2.21. The number of benzene rings is 5. The Hall–Kier alpha value is -4.23. The van der Waals surface area contributed by atoms with Crippen LogP contribution >= 0.6 is 0 Å². The number of nitrogens with one attached hydrogen (secondary N) is 1. The predicted molar refractivity (Wildman–Crippen MR) is 129 cm³/mol. The second kappa shape index (κ2) is 7.72. The number of fused-ring (bicyclic) bond motifs is 2. The molecule has 0 bridgehead atoms. The Balaban J connectivity index is 1.76. The maximum atomic E-state index is 13.1. The third kappa shape index (κ3) is 3.58. The zero-order valence-corrected chi connectivity index (χ0v) is 18.0. The molecule has 0 aromatic heterocycles. The summed E-state index contributed by atoms with van der Waals surface area (Å²) in [4.78, 5) is -0.0213. The van der Waals surface area contributed by atoms with E-state index in [0.29, 0.717) is 21.9 Å². The van der Waals surface area contributed by atoms with Crippen molar-refractivity contribution in [1.82, 2.24) is 0 Å². The molecule has 0 amide bonds. The van der Waals surface area contributed by atoms with Gasteiger partial charge in [0.2, 0.25) is 0 Å². The fourth-order valence-electron chi connectivity index (χ4n) is 4.01. The number of phenolic OH excluding ortho intramolecular Hbond substituents is 3. The van der Waals surface area contributed by atoms with E-state index in [4.69, 9.17) is 0 Å². The maximum Gasteiger partial charge on any atom is 0.261 e. The lowest BCUT2D eigenvalue weighted by molar-refractivity contribution is 0.472. The van der Waals surface area contributed by atoms with E-state index in [-0.39, 0.29) is 27.8 Å². The Labute approximate surface area is 190 Å². The van der Waals surface area contributed by atoms with E-state index in [0.717, 1.165) is 10.8 Å². The van der Waals surface area contributed by atoms with Gasteiger partial charge in [-0.05, 0) is 47.2 Å². The summed E-state index contributed by atoms with van der Waals surface area (Å²) >= 11 is 0. The molecule has 4 N–H and O–H groups in total. The first-order chi connectivity index (χ1) is 15.8. The molecule has 0 aliphatic carbocycles. The molecule has 5 rings (SSSR count). The van der Waals surface area contributed by atoms with Crippen molar-refractivity contribution in [2.75, 3.05) is 4.72 Å². The Bertz CT molecular complexity index is 1630. The Kier molecular flexibility index (Phi) is 4.83. The lowest BCUT2D eigenvalue weighted by Gasteiger charge is -2.17. The van der Waals surface area contributed by atoms with Crippen molar-refractivity contribution >= 4 is 37.3 Å². The standard InChI is InChI=1S/C26H19NO5S/c28-17-10-12-18(13-11-17)33(31,32)27-23-15-22(26(30)21-8-4-3-7-20(21)23)25-19-6-2-1-5-16(19)9-14-24(25)29/h1-15,27-30H. The van der Waals surface area contributed by atoms with Gasteiger partial charge in [-0.3, -0.25) is 4.72 Å². The Morgan fingerprint density at radius 3 is 2.03 bits per heavy atom. The summed E-state index contributed by atoms with van der Waals surface area (Å²) in [6, 6.07) is 24.4.